The predicted octanol–water partition coefficient (Wildman–Crippen LogP) is 0.435. The summed E-state index contributed by atoms with van der Waals surface area (Å²) in [5.74, 6) is 0.137. The first kappa shape index (κ1) is 13.1. The van der Waals surface area contributed by atoms with E-state index in [1.54, 1.807) is 18.2 Å². The molecule has 0 aromatic heterocycles. The first-order chi connectivity index (χ1) is 10.6. The van der Waals surface area contributed by atoms with Gasteiger partial charge in [0.2, 0.25) is 18.6 Å². The van der Waals surface area contributed by atoms with Crippen LogP contribution in [0.4, 0.5) is 0 Å². The second kappa shape index (κ2) is 4.72. The van der Waals surface area contributed by atoms with Crippen LogP contribution in [0.2, 0.25) is 0 Å². The third-order valence-corrected chi connectivity index (χ3v) is 4.07. The second-order valence-corrected chi connectivity index (χ2v) is 5.64. The summed E-state index contributed by atoms with van der Waals surface area (Å²) in [5.41, 5.74) is 0.434. The normalized spacial score (nSPS) is 22.6. The number of benzene rings is 1. The summed E-state index contributed by atoms with van der Waals surface area (Å²) in [6.07, 6.45) is 1.74. The lowest BCUT2D eigenvalue weighted by Crippen LogP contribution is -2.45. The molecule has 2 aliphatic heterocycles. The molecule has 3 aliphatic rings. The number of carbonyl (C=O) groups excluding carboxylic acids is 3. The van der Waals surface area contributed by atoms with E-state index >= 15 is 0 Å². The molecular formula is C15H14N2O5. The largest absolute Gasteiger partial charge is 0.454 e. The molecule has 0 bridgehead atoms. The van der Waals surface area contributed by atoms with Gasteiger partial charge in [0, 0.05) is 11.6 Å². The molecule has 1 atom stereocenters. The molecule has 7 nitrogen and oxygen atoms in total. The highest BCUT2D eigenvalue weighted by Crippen LogP contribution is 2.36. The van der Waals surface area contributed by atoms with Crippen LogP contribution in [-0.2, 0) is 9.59 Å². The van der Waals surface area contributed by atoms with E-state index in [1.165, 1.54) is 4.90 Å². The molecule has 2 fully saturated rings. The number of amides is 3. The lowest BCUT2D eigenvalue weighted by molar-refractivity contribution is -0.126. The van der Waals surface area contributed by atoms with E-state index in [0.29, 0.717) is 17.1 Å². The number of carbonyl (C=O) groups is 3. The fourth-order valence-electron chi connectivity index (χ4n) is 2.86. The molecule has 1 saturated carbocycles. The third kappa shape index (κ3) is 2.09. The summed E-state index contributed by atoms with van der Waals surface area (Å²) in [5, 5.41) is 2.26. The molecule has 1 N–H and O–H groups in total. The first-order valence-electron chi connectivity index (χ1n) is 7.19. The van der Waals surface area contributed by atoms with Gasteiger partial charge in [0.1, 0.15) is 6.04 Å². The number of rotatable bonds is 3. The lowest BCUT2D eigenvalue weighted by Gasteiger charge is -2.26. The Hall–Kier alpha value is -2.57. The van der Waals surface area contributed by atoms with E-state index in [-0.39, 0.29) is 31.1 Å². The van der Waals surface area contributed by atoms with Gasteiger partial charge in [0.05, 0.1) is 6.42 Å². The number of fused-ring (bicyclic) bond motifs is 1. The average Bonchev–Trinajstić information content (AvgIpc) is 3.11. The topological polar surface area (TPSA) is 84.9 Å². The summed E-state index contributed by atoms with van der Waals surface area (Å²) < 4.78 is 10.5. The highest BCUT2D eigenvalue weighted by Gasteiger charge is 2.45. The zero-order chi connectivity index (χ0) is 15.3. The highest BCUT2D eigenvalue weighted by atomic mass is 16.7. The van der Waals surface area contributed by atoms with Crippen molar-refractivity contribution in [3.05, 3.63) is 23.8 Å². The van der Waals surface area contributed by atoms with Gasteiger partial charge in [-0.2, -0.15) is 0 Å². The van der Waals surface area contributed by atoms with E-state index < -0.39 is 11.9 Å². The fraction of sp³-hybridized carbons (Fsp3) is 0.400. The summed E-state index contributed by atoms with van der Waals surface area (Å²) in [4.78, 5) is 37.7. The number of hydrogen-bond acceptors (Lipinski definition) is 5. The molecule has 1 aromatic carbocycles. The summed E-state index contributed by atoms with van der Waals surface area (Å²) in [6, 6.07) is 4.27. The van der Waals surface area contributed by atoms with Crippen LogP contribution in [0.1, 0.15) is 29.6 Å². The van der Waals surface area contributed by atoms with E-state index in [1.807, 2.05) is 0 Å². The lowest BCUT2D eigenvalue weighted by atomic mass is 10.1. The third-order valence-electron chi connectivity index (χ3n) is 4.07. The van der Waals surface area contributed by atoms with Crippen molar-refractivity contribution in [1.29, 1.82) is 0 Å². The summed E-state index contributed by atoms with van der Waals surface area (Å²) >= 11 is 0. The minimum Gasteiger partial charge on any atom is -0.454 e. The van der Waals surface area contributed by atoms with Gasteiger partial charge in [-0.15, -0.1) is 0 Å². The number of hydrogen-bond donors (Lipinski definition) is 1. The maximum atomic E-state index is 12.8. The predicted molar refractivity (Wildman–Crippen MR) is 73.3 cm³/mol. The van der Waals surface area contributed by atoms with Crippen molar-refractivity contribution in [1.82, 2.24) is 10.2 Å². The minimum absolute atomic E-state index is 0.0274. The van der Waals surface area contributed by atoms with Crippen molar-refractivity contribution in [2.45, 2.75) is 31.3 Å². The van der Waals surface area contributed by atoms with Crippen molar-refractivity contribution in [2.75, 3.05) is 6.79 Å². The zero-order valence-electron chi connectivity index (χ0n) is 11.7. The quantitative estimate of drug-likeness (QED) is 0.819. The molecule has 0 spiro atoms. The van der Waals surface area contributed by atoms with Crippen LogP contribution in [0.5, 0.6) is 11.5 Å². The van der Waals surface area contributed by atoms with Crippen LogP contribution in [0.15, 0.2) is 18.2 Å². The molecule has 1 aromatic rings. The van der Waals surface area contributed by atoms with Crippen LogP contribution >= 0.6 is 0 Å². The summed E-state index contributed by atoms with van der Waals surface area (Å²) in [6.45, 7) is 0.138. The van der Waals surface area contributed by atoms with Gasteiger partial charge in [0.25, 0.3) is 5.91 Å². The van der Waals surface area contributed by atoms with Gasteiger partial charge < -0.3 is 14.4 Å². The van der Waals surface area contributed by atoms with E-state index in [2.05, 4.69) is 5.32 Å². The average molecular weight is 302 g/mol. The molecule has 2 heterocycles. The van der Waals surface area contributed by atoms with Crippen LogP contribution in [0.3, 0.4) is 0 Å². The van der Waals surface area contributed by atoms with Crippen LogP contribution in [-0.4, -0.2) is 41.5 Å². The molecule has 114 valence electrons. The Bertz CT molecular complexity index is 683. The fourth-order valence-corrected chi connectivity index (χ4v) is 2.86. The van der Waals surface area contributed by atoms with E-state index in [9.17, 15) is 14.4 Å². The van der Waals surface area contributed by atoms with Gasteiger partial charge in [-0.05, 0) is 31.0 Å². The van der Waals surface area contributed by atoms with Crippen molar-refractivity contribution < 1.29 is 23.9 Å². The Morgan fingerprint density at radius 3 is 2.64 bits per heavy atom. The van der Waals surface area contributed by atoms with Gasteiger partial charge >= 0.3 is 0 Å². The molecule has 0 unspecified atom stereocenters. The number of ether oxygens (including phenoxy) is 2. The second-order valence-electron chi connectivity index (χ2n) is 5.64. The molecule has 7 heteroatoms. The molecule has 22 heavy (non-hydrogen) atoms. The van der Waals surface area contributed by atoms with Crippen LogP contribution in [0, 0.1) is 0 Å². The van der Waals surface area contributed by atoms with Crippen LogP contribution in [0.25, 0.3) is 0 Å². The van der Waals surface area contributed by atoms with E-state index in [0.717, 1.165) is 12.8 Å². The monoisotopic (exact) mass is 302 g/mol. The van der Waals surface area contributed by atoms with Gasteiger partial charge in [0.15, 0.2) is 11.5 Å². The molecule has 1 saturated heterocycles. The van der Waals surface area contributed by atoms with Gasteiger partial charge in [-0.3, -0.25) is 19.7 Å². The molecular weight excluding hydrogens is 288 g/mol. The maximum absolute atomic E-state index is 12.8. The molecule has 3 amide bonds. The standard InChI is InChI=1S/C15H14N2O5/c18-13-6-10(14(19)16-13)17(9-2-3-9)15(20)8-1-4-11-12(5-8)22-7-21-11/h1,4-5,9-10H,2-3,6-7H2,(H,16,18,19)/t10-/m1/s1. The smallest absolute Gasteiger partial charge is 0.254 e. The van der Waals surface area contributed by atoms with Crippen molar-refractivity contribution in [3.8, 4) is 11.5 Å². The molecule has 1 aliphatic carbocycles. The van der Waals surface area contributed by atoms with E-state index in [4.69, 9.17) is 9.47 Å². The maximum Gasteiger partial charge on any atom is 0.254 e. The van der Waals surface area contributed by atoms with Gasteiger partial charge in [-0.25, -0.2) is 0 Å². The van der Waals surface area contributed by atoms with Gasteiger partial charge in [-0.1, -0.05) is 0 Å². The number of imide groups is 1. The zero-order valence-corrected chi connectivity index (χ0v) is 11.7. The number of nitrogens with one attached hydrogen (secondary N) is 1. The Kier molecular flexibility index (Phi) is 2.82. The molecule has 4 rings (SSSR count). The van der Waals surface area contributed by atoms with Crippen molar-refractivity contribution in [2.24, 2.45) is 0 Å². The summed E-state index contributed by atoms with van der Waals surface area (Å²) in [7, 11) is 0. The van der Waals surface area contributed by atoms with Crippen molar-refractivity contribution >= 4 is 17.7 Å². The first-order valence-corrected chi connectivity index (χ1v) is 7.19. The highest BCUT2D eigenvalue weighted by molar-refractivity contribution is 6.08. The minimum atomic E-state index is -0.710. The Labute approximate surface area is 126 Å². The molecule has 0 radical (unpaired) electrons. The number of nitrogens with zero attached hydrogens (tertiary/aromatic N) is 1. The van der Waals surface area contributed by atoms with Crippen LogP contribution < -0.4 is 14.8 Å². The Morgan fingerprint density at radius 2 is 1.95 bits per heavy atom. The Morgan fingerprint density at radius 1 is 1.18 bits per heavy atom. The SMILES string of the molecule is O=C1C[C@@H](N(C(=O)c2ccc3c(c2)OCO3)C2CC2)C(=O)N1. The van der Waals surface area contributed by atoms with Crippen molar-refractivity contribution in [3.63, 3.8) is 0 Å². The Balaban J connectivity index is 1.64.